The van der Waals surface area contributed by atoms with Crippen LogP contribution in [0.2, 0.25) is 0 Å². The van der Waals surface area contributed by atoms with E-state index in [1.165, 1.54) is 0 Å². The number of carbonyl (C=O) groups is 2. The molecule has 3 rings (SSSR count). The van der Waals surface area contributed by atoms with Gasteiger partial charge >= 0.3 is 6.09 Å². The molecule has 41 heavy (non-hydrogen) atoms. The van der Waals surface area contributed by atoms with E-state index in [0.717, 1.165) is 17.7 Å². The molecule has 0 unspecified atom stereocenters. The number of methoxy groups -OCH3 is 2. The maximum absolute atomic E-state index is 13.6. The van der Waals surface area contributed by atoms with Crippen molar-refractivity contribution in [1.82, 2.24) is 15.5 Å². The normalized spacial score (nSPS) is 16.5. The van der Waals surface area contributed by atoms with Crippen LogP contribution in [0.3, 0.4) is 0 Å². The lowest BCUT2D eigenvalue weighted by Gasteiger charge is -2.31. The molecule has 2 N–H and O–H groups in total. The number of rotatable bonds is 15. The van der Waals surface area contributed by atoms with Crippen molar-refractivity contribution in [3.05, 3.63) is 53.6 Å². The zero-order valence-electron chi connectivity index (χ0n) is 25.1. The maximum Gasteiger partial charge on any atom is 0.407 e. The number of hydrogen-bond donors (Lipinski definition) is 2. The van der Waals surface area contributed by atoms with Crippen LogP contribution in [0, 0.1) is 5.92 Å². The number of amides is 2. The van der Waals surface area contributed by atoms with E-state index in [1.54, 1.807) is 32.4 Å². The average Bonchev–Trinajstić information content (AvgIpc) is 3.38. The number of carbonyl (C=O) groups excluding carboxylic acids is 2. The predicted molar refractivity (Wildman–Crippen MR) is 157 cm³/mol. The number of alkyl carbamates (subject to hydrolysis) is 1. The first kappa shape index (κ1) is 32.0. The van der Waals surface area contributed by atoms with Crippen molar-refractivity contribution in [2.45, 2.75) is 58.9 Å². The number of nitrogens with one attached hydrogen (secondary N) is 2. The van der Waals surface area contributed by atoms with Crippen LogP contribution in [-0.2, 0) is 16.0 Å². The van der Waals surface area contributed by atoms with Gasteiger partial charge in [0.05, 0.1) is 19.8 Å². The fourth-order valence-corrected chi connectivity index (χ4v) is 4.64. The number of benzene rings is 2. The van der Waals surface area contributed by atoms with Crippen molar-refractivity contribution in [1.29, 1.82) is 0 Å². The summed E-state index contributed by atoms with van der Waals surface area (Å²) < 4.78 is 27.9. The van der Waals surface area contributed by atoms with Crippen LogP contribution in [-0.4, -0.2) is 82.2 Å². The molecule has 2 amide bonds. The van der Waals surface area contributed by atoms with Gasteiger partial charge in [0, 0.05) is 63.8 Å². The van der Waals surface area contributed by atoms with Crippen molar-refractivity contribution in [3.63, 3.8) is 0 Å². The predicted octanol–water partition coefficient (Wildman–Crippen LogP) is 4.26. The van der Waals surface area contributed by atoms with Gasteiger partial charge < -0.3 is 39.2 Å². The molecule has 0 aromatic heterocycles. The van der Waals surface area contributed by atoms with Crippen LogP contribution in [0.1, 0.15) is 50.0 Å². The zero-order valence-corrected chi connectivity index (χ0v) is 25.1. The Morgan fingerprint density at radius 1 is 1.02 bits per heavy atom. The summed E-state index contributed by atoms with van der Waals surface area (Å²) in [4.78, 5) is 28.1. The van der Waals surface area contributed by atoms with Crippen molar-refractivity contribution >= 4 is 12.0 Å². The summed E-state index contributed by atoms with van der Waals surface area (Å²) in [6, 6.07) is 12.8. The van der Waals surface area contributed by atoms with Gasteiger partial charge in [0.15, 0.2) is 11.5 Å². The van der Waals surface area contributed by atoms with Crippen molar-refractivity contribution < 1.29 is 33.3 Å². The van der Waals surface area contributed by atoms with Crippen LogP contribution >= 0.6 is 0 Å². The zero-order chi connectivity index (χ0) is 29.8. The maximum atomic E-state index is 13.6. The lowest BCUT2D eigenvalue weighted by molar-refractivity contribution is 0.0521. The quantitative estimate of drug-likeness (QED) is 0.306. The Morgan fingerprint density at radius 3 is 2.54 bits per heavy atom. The Kier molecular flexibility index (Phi) is 12.6. The summed E-state index contributed by atoms with van der Waals surface area (Å²) in [5.41, 5.74) is 1.42. The fourth-order valence-electron chi connectivity index (χ4n) is 4.64. The molecule has 2 aromatic rings. The summed E-state index contributed by atoms with van der Waals surface area (Å²) in [5.74, 6) is 1.65. The third-order valence-electron chi connectivity index (χ3n) is 6.72. The Labute approximate surface area is 243 Å². The highest BCUT2D eigenvalue weighted by Crippen LogP contribution is 2.29. The summed E-state index contributed by atoms with van der Waals surface area (Å²) in [7, 11) is 3.22. The first-order chi connectivity index (χ1) is 19.7. The van der Waals surface area contributed by atoms with E-state index in [1.807, 2.05) is 56.9 Å². The van der Waals surface area contributed by atoms with Gasteiger partial charge in [-0.25, -0.2) is 4.79 Å². The first-order valence-electron chi connectivity index (χ1n) is 14.2. The highest BCUT2D eigenvalue weighted by molar-refractivity contribution is 5.95. The van der Waals surface area contributed by atoms with E-state index in [9.17, 15) is 9.59 Å². The van der Waals surface area contributed by atoms with Gasteiger partial charge in [0.2, 0.25) is 0 Å². The van der Waals surface area contributed by atoms with Crippen LogP contribution in [0.25, 0.3) is 0 Å². The van der Waals surface area contributed by atoms with Gasteiger partial charge in [-0.1, -0.05) is 12.1 Å². The molecule has 1 saturated heterocycles. The molecule has 0 spiro atoms. The van der Waals surface area contributed by atoms with E-state index in [-0.39, 0.29) is 30.1 Å². The Morgan fingerprint density at radius 2 is 1.83 bits per heavy atom. The molecular formula is C31H45N3O7. The summed E-state index contributed by atoms with van der Waals surface area (Å²) in [5, 5.41) is 6.14. The van der Waals surface area contributed by atoms with Crippen LogP contribution in [0.5, 0.6) is 17.2 Å². The topological polar surface area (TPSA) is 108 Å². The third kappa shape index (κ3) is 9.82. The molecule has 2 atom stereocenters. The van der Waals surface area contributed by atoms with Crippen molar-refractivity contribution in [2.24, 2.45) is 5.92 Å². The average molecular weight is 572 g/mol. The van der Waals surface area contributed by atoms with Crippen LogP contribution in [0.15, 0.2) is 42.5 Å². The second-order valence-corrected chi connectivity index (χ2v) is 10.6. The molecule has 1 heterocycles. The molecule has 0 aliphatic carbocycles. The third-order valence-corrected chi connectivity index (χ3v) is 6.72. The summed E-state index contributed by atoms with van der Waals surface area (Å²) >= 11 is 0. The summed E-state index contributed by atoms with van der Waals surface area (Å²) in [6.45, 7) is 10.8. The second kappa shape index (κ2) is 16.1. The van der Waals surface area contributed by atoms with E-state index >= 15 is 0 Å². The minimum absolute atomic E-state index is 0.0575. The van der Waals surface area contributed by atoms with Gasteiger partial charge in [0.25, 0.3) is 5.91 Å². The van der Waals surface area contributed by atoms with E-state index < -0.39 is 6.09 Å². The molecule has 226 valence electrons. The van der Waals surface area contributed by atoms with Crippen molar-refractivity contribution in [3.8, 4) is 17.2 Å². The van der Waals surface area contributed by atoms with E-state index in [0.29, 0.717) is 56.5 Å². The summed E-state index contributed by atoms with van der Waals surface area (Å²) in [6.07, 6.45) is -0.0706. The Bertz CT molecular complexity index is 1120. The Hall–Kier alpha value is -3.50. The molecule has 1 aliphatic heterocycles. The smallest absolute Gasteiger partial charge is 0.407 e. The highest BCUT2D eigenvalue weighted by atomic mass is 16.6. The van der Waals surface area contributed by atoms with Crippen molar-refractivity contribution in [2.75, 3.05) is 47.1 Å². The molecule has 1 aliphatic rings. The lowest BCUT2D eigenvalue weighted by Crippen LogP contribution is -2.44. The monoisotopic (exact) mass is 571 g/mol. The highest BCUT2D eigenvalue weighted by Gasteiger charge is 2.34. The van der Waals surface area contributed by atoms with Crippen LogP contribution in [0.4, 0.5) is 4.79 Å². The number of nitrogens with zero attached hydrogens (tertiary/aromatic N) is 1. The minimum atomic E-state index is -0.494. The standard InChI is InChI=1S/C31H45N3O7/c1-21(2)34(30(35)24-11-12-27(38-6)28(16-24)39-14-8-13-37-5)20-25-18-32-19-29(25)41-31(36)33-17-23-9-7-10-26(15-23)40-22(3)4/h7,9-12,15-16,21-22,25,29,32H,8,13-14,17-20H2,1-6H3,(H,33,36)/t25-,29-/m1/s1. The minimum Gasteiger partial charge on any atom is -0.493 e. The van der Waals surface area contributed by atoms with E-state index in [4.69, 9.17) is 23.7 Å². The number of ether oxygens (including phenoxy) is 5. The van der Waals surface area contributed by atoms with Gasteiger partial charge in [0.1, 0.15) is 11.9 Å². The fraction of sp³-hybridized carbons (Fsp3) is 0.548. The molecular weight excluding hydrogens is 526 g/mol. The van der Waals surface area contributed by atoms with Crippen LogP contribution < -0.4 is 24.8 Å². The molecule has 2 aromatic carbocycles. The first-order valence-corrected chi connectivity index (χ1v) is 14.2. The molecule has 0 saturated carbocycles. The van der Waals surface area contributed by atoms with Gasteiger partial charge in [-0.05, 0) is 63.6 Å². The Balaban J connectivity index is 1.61. The van der Waals surface area contributed by atoms with Gasteiger partial charge in [-0.3, -0.25) is 4.79 Å². The SMILES string of the molecule is COCCCOc1cc(C(=O)N(C[C@H]2CNC[C@H]2OC(=O)NCc2cccc(OC(C)C)c2)C(C)C)ccc1OC. The second-order valence-electron chi connectivity index (χ2n) is 10.6. The van der Waals surface area contributed by atoms with Gasteiger partial charge in [-0.15, -0.1) is 0 Å². The number of hydrogen-bond acceptors (Lipinski definition) is 8. The molecule has 10 heteroatoms. The lowest BCUT2D eigenvalue weighted by atomic mass is 10.0. The molecule has 1 fully saturated rings. The van der Waals surface area contributed by atoms with Gasteiger partial charge in [-0.2, -0.15) is 0 Å². The largest absolute Gasteiger partial charge is 0.493 e. The molecule has 0 bridgehead atoms. The van der Waals surface area contributed by atoms with E-state index in [2.05, 4.69) is 10.6 Å². The molecule has 0 radical (unpaired) electrons. The molecule has 10 nitrogen and oxygen atoms in total.